The first-order valence-corrected chi connectivity index (χ1v) is 7.82. The zero-order chi connectivity index (χ0) is 17.4. The lowest BCUT2D eigenvalue weighted by molar-refractivity contribution is -0.128. The van der Waals surface area contributed by atoms with Gasteiger partial charge in [0.2, 0.25) is 0 Å². The van der Waals surface area contributed by atoms with Gasteiger partial charge in [0.15, 0.2) is 0 Å². The van der Waals surface area contributed by atoms with Crippen LogP contribution in [0, 0.1) is 6.92 Å². The Morgan fingerprint density at radius 2 is 1.67 bits per heavy atom. The van der Waals surface area contributed by atoms with Gasteiger partial charge in [-0.05, 0) is 49.2 Å². The van der Waals surface area contributed by atoms with Crippen molar-refractivity contribution in [3.05, 3.63) is 71.3 Å². The Kier molecular flexibility index (Phi) is 6.32. The molecule has 2 aromatic carbocycles. The van der Waals surface area contributed by atoms with Gasteiger partial charge in [-0.2, -0.15) is 0 Å². The Morgan fingerprint density at radius 1 is 1.00 bits per heavy atom. The third kappa shape index (κ3) is 5.39. The molecule has 2 aromatic rings. The highest BCUT2D eigenvalue weighted by Gasteiger charge is 2.07. The number of benzene rings is 2. The molecule has 0 saturated heterocycles. The summed E-state index contributed by atoms with van der Waals surface area (Å²) < 4.78 is 10.2. The zero-order valence-electron chi connectivity index (χ0n) is 13.8. The van der Waals surface area contributed by atoms with E-state index < -0.39 is 5.97 Å². The van der Waals surface area contributed by atoms with Crippen LogP contribution in [0.25, 0.3) is 6.08 Å². The first kappa shape index (κ1) is 17.5. The number of carbonyl (C=O) groups is 2. The third-order valence-electron chi connectivity index (χ3n) is 3.23. The SMILES string of the molecule is CCCOC(=O)c1ccc(OC(=O)/C=C/c2ccc(C)cc2)cc1. The van der Waals surface area contributed by atoms with E-state index in [1.165, 1.54) is 6.08 Å². The Hall–Kier alpha value is -2.88. The van der Waals surface area contributed by atoms with Crippen LogP contribution in [0.15, 0.2) is 54.6 Å². The second kappa shape index (κ2) is 8.67. The average Bonchev–Trinajstić information content (AvgIpc) is 2.60. The molecule has 0 bridgehead atoms. The van der Waals surface area contributed by atoms with Crippen LogP contribution in [0.3, 0.4) is 0 Å². The van der Waals surface area contributed by atoms with Crippen molar-refractivity contribution < 1.29 is 19.1 Å². The quantitative estimate of drug-likeness (QED) is 0.454. The standard InChI is InChI=1S/C20H20O4/c1-3-14-23-20(22)17-9-11-18(12-10-17)24-19(21)13-8-16-6-4-15(2)5-7-16/h4-13H,3,14H2,1-2H3/b13-8+. The van der Waals surface area contributed by atoms with E-state index in [9.17, 15) is 9.59 Å². The number of rotatable bonds is 6. The fourth-order valence-electron chi connectivity index (χ4n) is 1.93. The summed E-state index contributed by atoms with van der Waals surface area (Å²) in [6.07, 6.45) is 3.83. The third-order valence-corrected chi connectivity index (χ3v) is 3.23. The van der Waals surface area contributed by atoms with Crippen LogP contribution < -0.4 is 4.74 Å². The molecule has 0 fully saturated rings. The van der Waals surface area contributed by atoms with E-state index in [4.69, 9.17) is 9.47 Å². The number of ether oxygens (including phenoxy) is 2. The number of hydrogen-bond donors (Lipinski definition) is 0. The maximum absolute atomic E-state index is 11.8. The number of carbonyl (C=O) groups excluding carboxylic acids is 2. The summed E-state index contributed by atoms with van der Waals surface area (Å²) in [6.45, 7) is 4.32. The van der Waals surface area contributed by atoms with Crippen LogP contribution in [0.1, 0.15) is 34.8 Å². The van der Waals surface area contributed by atoms with Crippen LogP contribution >= 0.6 is 0 Å². The maximum Gasteiger partial charge on any atom is 0.338 e. The maximum atomic E-state index is 11.8. The molecule has 0 aliphatic carbocycles. The molecule has 0 aromatic heterocycles. The first-order valence-electron chi connectivity index (χ1n) is 7.82. The van der Waals surface area contributed by atoms with Crippen molar-refractivity contribution >= 4 is 18.0 Å². The van der Waals surface area contributed by atoms with Gasteiger partial charge in [0.25, 0.3) is 0 Å². The molecule has 0 aliphatic heterocycles. The summed E-state index contributed by atoms with van der Waals surface area (Å²) in [4.78, 5) is 23.5. The van der Waals surface area contributed by atoms with E-state index in [0.717, 1.165) is 17.5 Å². The minimum atomic E-state index is -0.475. The lowest BCUT2D eigenvalue weighted by atomic mass is 10.1. The van der Waals surface area contributed by atoms with Gasteiger partial charge in [-0.15, -0.1) is 0 Å². The number of aryl methyl sites for hydroxylation is 1. The van der Waals surface area contributed by atoms with Gasteiger partial charge in [-0.25, -0.2) is 9.59 Å². The summed E-state index contributed by atoms with van der Waals surface area (Å²) >= 11 is 0. The largest absolute Gasteiger partial charge is 0.462 e. The molecule has 124 valence electrons. The van der Waals surface area contributed by atoms with Gasteiger partial charge in [-0.3, -0.25) is 0 Å². The molecule has 0 heterocycles. The number of esters is 2. The van der Waals surface area contributed by atoms with Crippen molar-refractivity contribution in [3.63, 3.8) is 0 Å². The van der Waals surface area contributed by atoms with Gasteiger partial charge >= 0.3 is 11.9 Å². The van der Waals surface area contributed by atoms with Crippen molar-refractivity contribution in [2.45, 2.75) is 20.3 Å². The highest BCUT2D eigenvalue weighted by molar-refractivity contribution is 5.90. The smallest absolute Gasteiger partial charge is 0.338 e. The Labute approximate surface area is 141 Å². The second-order valence-corrected chi connectivity index (χ2v) is 5.33. The molecule has 0 unspecified atom stereocenters. The highest BCUT2D eigenvalue weighted by Crippen LogP contribution is 2.14. The van der Waals surface area contributed by atoms with Crippen LogP contribution in [0.2, 0.25) is 0 Å². The summed E-state index contributed by atoms with van der Waals surface area (Å²) in [5.74, 6) is -0.480. The zero-order valence-corrected chi connectivity index (χ0v) is 13.8. The van der Waals surface area contributed by atoms with E-state index in [1.54, 1.807) is 30.3 Å². The Balaban J connectivity index is 1.92. The lowest BCUT2D eigenvalue weighted by Crippen LogP contribution is -2.07. The van der Waals surface area contributed by atoms with Gasteiger partial charge in [0.05, 0.1) is 12.2 Å². The molecule has 4 heteroatoms. The van der Waals surface area contributed by atoms with Crippen LogP contribution in [0.5, 0.6) is 5.75 Å². The molecule has 0 radical (unpaired) electrons. The molecule has 2 rings (SSSR count). The van der Waals surface area contributed by atoms with Gasteiger partial charge in [-0.1, -0.05) is 36.8 Å². The molecule has 0 saturated carbocycles. The van der Waals surface area contributed by atoms with Gasteiger partial charge in [0, 0.05) is 6.08 Å². The summed E-state index contributed by atoms with van der Waals surface area (Å²) in [5, 5.41) is 0. The summed E-state index contributed by atoms with van der Waals surface area (Å²) in [6, 6.07) is 14.1. The van der Waals surface area contributed by atoms with Crippen molar-refractivity contribution in [2.75, 3.05) is 6.61 Å². The van der Waals surface area contributed by atoms with E-state index >= 15 is 0 Å². The Bertz CT molecular complexity index is 712. The fourth-order valence-corrected chi connectivity index (χ4v) is 1.93. The van der Waals surface area contributed by atoms with Crippen molar-refractivity contribution in [1.29, 1.82) is 0 Å². The first-order chi connectivity index (χ1) is 11.6. The van der Waals surface area contributed by atoms with Crippen molar-refractivity contribution in [1.82, 2.24) is 0 Å². The molecule has 0 spiro atoms. The topological polar surface area (TPSA) is 52.6 Å². The van der Waals surface area contributed by atoms with E-state index in [1.807, 2.05) is 38.1 Å². The van der Waals surface area contributed by atoms with Gasteiger partial charge in [0.1, 0.15) is 5.75 Å². The molecular weight excluding hydrogens is 304 g/mol. The Morgan fingerprint density at radius 3 is 2.29 bits per heavy atom. The highest BCUT2D eigenvalue weighted by atomic mass is 16.5. The van der Waals surface area contributed by atoms with Gasteiger partial charge < -0.3 is 9.47 Å². The summed E-state index contributed by atoms with van der Waals surface area (Å²) in [5.41, 5.74) is 2.51. The van der Waals surface area contributed by atoms with E-state index in [-0.39, 0.29) is 5.97 Å². The van der Waals surface area contributed by atoms with E-state index in [0.29, 0.717) is 17.9 Å². The minimum absolute atomic E-state index is 0.376. The predicted molar refractivity (Wildman–Crippen MR) is 92.9 cm³/mol. The molecular formula is C20H20O4. The van der Waals surface area contributed by atoms with Crippen molar-refractivity contribution in [2.24, 2.45) is 0 Å². The van der Waals surface area contributed by atoms with Crippen LogP contribution in [0.4, 0.5) is 0 Å². The second-order valence-electron chi connectivity index (χ2n) is 5.33. The fraction of sp³-hybridized carbons (Fsp3) is 0.200. The molecule has 4 nitrogen and oxygen atoms in total. The minimum Gasteiger partial charge on any atom is -0.462 e. The molecule has 0 aliphatic rings. The molecule has 0 atom stereocenters. The molecule has 0 N–H and O–H groups in total. The van der Waals surface area contributed by atoms with Crippen molar-refractivity contribution in [3.8, 4) is 5.75 Å². The molecule has 24 heavy (non-hydrogen) atoms. The summed E-state index contributed by atoms with van der Waals surface area (Å²) in [7, 11) is 0. The molecule has 0 amide bonds. The lowest BCUT2D eigenvalue weighted by Gasteiger charge is -2.04. The van der Waals surface area contributed by atoms with Crippen LogP contribution in [-0.4, -0.2) is 18.5 Å². The number of hydrogen-bond acceptors (Lipinski definition) is 4. The normalized spacial score (nSPS) is 10.6. The predicted octanol–water partition coefficient (Wildman–Crippen LogP) is 4.18. The van der Waals surface area contributed by atoms with E-state index in [2.05, 4.69) is 0 Å². The average molecular weight is 324 g/mol. The van der Waals surface area contributed by atoms with Crippen LogP contribution in [-0.2, 0) is 9.53 Å². The monoisotopic (exact) mass is 324 g/mol.